The number of nitrogens with one attached hydrogen (secondary N) is 1. The Morgan fingerprint density at radius 3 is 2.57 bits per heavy atom. The second-order valence-corrected chi connectivity index (χ2v) is 6.13. The molecule has 21 heavy (non-hydrogen) atoms. The molecule has 0 fully saturated rings. The Morgan fingerprint density at radius 1 is 1.29 bits per heavy atom. The van der Waals surface area contributed by atoms with Crippen LogP contribution >= 0.6 is 0 Å². The molecule has 0 unspecified atom stereocenters. The summed E-state index contributed by atoms with van der Waals surface area (Å²) in [6.45, 7) is 8.92. The Kier molecular flexibility index (Phi) is 7.06. The highest BCUT2D eigenvalue weighted by Gasteiger charge is 2.06. The van der Waals surface area contributed by atoms with E-state index in [9.17, 15) is 4.79 Å². The first kappa shape index (κ1) is 17.3. The van der Waals surface area contributed by atoms with E-state index in [1.165, 1.54) is 0 Å². The first-order valence-electron chi connectivity index (χ1n) is 7.69. The number of nitrogens with two attached hydrogens (primary N) is 1. The van der Waals surface area contributed by atoms with E-state index in [2.05, 4.69) is 19.2 Å². The monoisotopic (exact) mass is 292 g/mol. The minimum atomic E-state index is 0.0702. The zero-order valence-corrected chi connectivity index (χ0v) is 13.6. The maximum atomic E-state index is 11.6. The van der Waals surface area contributed by atoms with Crippen LogP contribution < -0.4 is 15.8 Å². The molecular formula is C17H28N2O2. The molecule has 0 aliphatic heterocycles. The first-order valence-corrected chi connectivity index (χ1v) is 7.69. The van der Waals surface area contributed by atoms with Crippen molar-refractivity contribution in [3.8, 4) is 5.75 Å². The maximum absolute atomic E-state index is 11.6. The quantitative estimate of drug-likeness (QED) is 0.723. The summed E-state index contributed by atoms with van der Waals surface area (Å²) in [4.78, 5) is 11.6. The van der Waals surface area contributed by atoms with Gasteiger partial charge in [-0.3, -0.25) is 4.79 Å². The number of rotatable bonds is 8. The molecule has 118 valence electrons. The van der Waals surface area contributed by atoms with Crippen molar-refractivity contribution < 1.29 is 9.53 Å². The van der Waals surface area contributed by atoms with Crippen molar-refractivity contribution in [3.63, 3.8) is 0 Å². The molecule has 4 nitrogen and oxygen atoms in total. The summed E-state index contributed by atoms with van der Waals surface area (Å²) in [5.74, 6) is 1.41. The van der Waals surface area contributed by atoms with Crippen molar-refractivity contribution in [2.24, 2.45) is 5.92 Å². The molecule has 0 aromatic heterocycles. The molecule has 0 spiro atoms. The van der Waals surface area contributed by atoms with Crippen LogP contribution in [0.1, 0.15) is 46.1 Å². The Hall–Kier alpha value is -1.71. The van der Waals surface area contributed by atoms with Crippen LogP contribution in [-0.4, -0.2) is 18.6 Å². The third-order valence-corrected chi connectivity index (χ3v) is 3.12. The van der Waals surface area contributed by atoms with Crippen LogP contribution in [0.5, 0.6) is 5.75 Å². The van der Waals surface area contributed by atoms with Gasteiger partial charge in [0.25, 0.3) is 0 Å². The van der Waals surface area contributed by atoms with Crippen molar-refractivity contribution >= 4 is 11.6 Å². The van der Waals surface area contributed by atoms with Crippen molar-refractivity contribution in [1.29, 1.82) is 0 Å². The predicted molar refractivity (Wildman–Crippen MR) is 87.4 cm³/mol. The van der Waals surface area contributed by atoms with Crippen LogP contribution in [0.15, 0.2) is 18.2 Å². The molecule has 0 radical (unpaired) electrons. The normalized spacial score (nSPS) is 11.0. The number of anilines is 1. The van der Waals surface area contributed by atoms with Gasteiger partial charge in [0.1, 0.15) is 5.75 Å². The van der Waals surface area contributed by atoms with Crippen molar-refractivity contribution in [2.75, 3.05) is 12.3 Å². The van der Waals surface area contributed by atoms with Crippen molar-refractivity contribution in [1.82, 2.24) is 5.32 Å². The molecule has 1 amide bonds. The van der Waals surface area contributed by atoms with Crippen molar-refractivity contribution in [2.45, 2.75) is 53.0 Å². The molecule has 3 N–H and O–H groups in total. The van der Waals surface area contributed by atoms with Crippen molar-refractivity contribution in [3.05, 3.63) is 23.8 Å². The number of benzene rings is 1. The van der Waals surface area contributed by atoms with Gasteiger partial charge in [-0.05, 0) is 50.3 Å². The van der Waals surface area contributed by atoms with E-state index < -0.39 is 0 Å². The summed E-state index contributed by atoms with van der Waals surface area (Å²) in [5, 5.41) is 2.88. The van der Waals surface area contributed by atoms with Gasteiger partial charge in [0, 0.05) is 12.5 Å². The number of carbonyl (C=O) groups excluding carboxylic acids is 1. The van der Waals surface area contributed by atoms with E-state index in [1.54, 1.807) is 0 Å². The lowest BCUT2D eigenvalue weighted by Gasteiger charge is -2.12. The highest BCUT2D eigenvalue weighted by Crippen LogP contribution is 2.23. The largest absolute Gasteiger partial charge is 0.491 e. The van der Waals surface area contributed by atoms with E-state index in [0.29, 0.717) is 31.1 Å². The summed E-state index contributed by atoms with van der Waals surface area (Å²) >= 11 is 0. The van der Waals surface area contributed by atoms with Crippen LogP contribution in [0.25, 0.3) is 0 Å². The van der Waals surface area contributed by atoms with Crippen LogP contribution in [0.4, 0.5) is 5.69 Å². The van der Waals surface area contributed by atoms with Gasteiger partial charge in [-0.2, -0.15) is 0 Å². The molecule has 0 bridgehead atoms. The maximum Gasteiger partial charge on any atom is 0.220 e. The SMILES string of the molecule is CC(C)CCOc1ccc(CCC(=O)NC(C)C)cc1N. The lowest BCUT2D eigenvalue weighted by molar-refractivity contribution is -0.121. The summed E-state index contributed by atoms with van der Waals surface area (Å²) < 4.78 is 5.68. The molecule has 1 aromatic rings. The number of aryl methyl sites for hydroxylation is 1. The third kappa shape index (κ3) is 7.02. The molecule has 0 aliphatic rings. The first-order chi connectivity index (χ1) is 9.88. The van der Waals surface area contributed by atoms with Gasteiger partial charge in [-0.1, -0.05) is 19.9 Å². The van der Waals surface area contributed by atoms with Crippen LogP contribution in [0.3, 0.4) is 0 Å². The van der Waals surface area contributed by atoms with Crippen LogP contribution in [0.2, 0.25) is 0 Å². The summed E-state index contributed by atoms with van der Waals surface area (Å²) in [6.07, 6.45) is 2.18. The van der Waals surface area contributed by atoms with Gasteiger partial charge in [-0.25, -0.2) is 0 Å². The van der Waals surface area contributed by atoms with E-state index in [4.69, 9.17) is 10.5 Å². The fraction of sp³-hybridized carbons (Fsp3) is 0.588. The predicted octanol–water partition coefficient (Wildman–Crippen LogP) is 3.15. The summed E-state index contributed by atoms with van der Waals surface area (Å²) in [5.41, 5.74) is 7.70. The molecule has 0 heterocycles. The lowest BCUT2D eigenvalue weighted by atomic mass is 10.1. The molecule has 0 aliphatic carbocycles. The van der Waals surface area contributed by atoms with Gasteiger partial charge in [-0.15, -0.1) is 0 Å². The fourth-order valence-corrected chi connectivity index (χ4v) is 1.94. The minimum Gasteiger partial charge on any atom is -0.491 e. The standard InChI is InChI=1S/C17H28N2O2/c1-12(2)9-10-21-16-7-5-14(11-15(16)18)6-8-17(20)19-13(3)4/h5,7,11-13H,6,8-10,18H2,1-4H3,(H,19,20). The minimum absolute atomic E-state index is 0.0702. The smallest absolute Gasteiger partial charge is 0.220 e. The topological polar surface area (TPSA) is 64.3 Å². The van der Waals surface area contributed by atoms with E-state index in [0.717, 1.165) is 17.7 Å². The highest BCUT2D eigenvalue weighted by molar-refractivity contribution is 5.76. The third-order valence-electron chi connectivity index (χ3n) is 3.12. The number of ether oxygens (including phenoxy) is 1. The second kappa shape index (κ2) is 8.55. The Balaban J connectivity index is 2.48. The Bertz CT molecular complexity index is 456. The van der Waals surface area contributed by atoms with E-state index >= 15 is 0 Å². The molecule has 1 aromatic carbocycles. The summed E-state index contributed by atoms with van der Waals surface area (Å²) in [6, 6.07) is 5.95. The molecule has 1 rings (SSSR count). The molecular weight excluding hydrogens is 264 g/mol. The Labute approximate surface area is 128 Å². The number of hydrogen-bond donors (Lipinski definition) is 2. The summed E-state index contributed by atoms with van der Waals surface area (Å²) in [7, 11) is 0. The van der Waals surface area contributed by atoms with Gasteiger partial charge >= 0.3 is 0 Å². The second-order valence-electron chi connectivity index (χ2n) is 6.13. The molecule has 0 saturated carbocycles. The zero-order chi connectivity index (χ0) is 15.8. The molecule has 0 saturated heterocycles. The Morgan fingerprint density at radius 2 is 2.00 bits per heavy atom. The number of carbonyl (C=O) groups is 1. The molecule has 0 atom stereocenters. The van der Waals surface area contributed by atoms with Gasteiger partial charge in [0.15, 0.2) is 0 Å². The van der Waals surface area contributed by atoms with E-state index in [1.807, 2.05) is 32.0 Å². The van der Waals surface area contributed by atoms with E-state index in [-0.39, 0.29) is 11.9 Å². The van der Waals surface area contributed by atoms with Gasteiger partial charge in [0.05, 0.1) is 12.3 Å². The van der Waals surface area contributed by atoms with Gasteiger partial charge < -0.3 is 15.8 Å². The number of nitrogen functional groups attached to an aromatic ring is 1. The number of hydrogen-bond acceptors (Lipinski definition) is 3. The van der Waals surface area contributed by atoms with Gasteiger partial charge in [0.2, 0.25) is 5.91 Å². The fourth-order valence-electron chi connectivity index (χ4n) is 1.94. The molecule has 4 heteroatoms. The van der Waals surface area contributed by atoms with Crippen LogP contribution in [0, 0.1) is 5.92 Å². The van der Waals surface area contributed by atoms with Crippen LogP contribution in [-0.2, 0) is 11.2 Å². The lowest BCUT2D eigenvalue weighted by Crippen LogP contribution is -2.30. The highest BCUT2D eigenvalue weighted by atomic mass is 16.5. The average Bonchev–Trinajstić information content (AvgIpc) is 2.37. The average molecular weight is 292 g/mol. The zero-order valence-electron chi connectivity index (χ0n) is 13.6. The number of amides is 1.